The molecule has 0 saturated heterocycles. The summed E-state index contributed by atoms with van der Waals surface area (Å²) >= 11 is 9.42. The molecule has 1 rings (SSSR count). The van der Waals surface area contributed by atoms with Crippen molar-refractivity contribution in [3.05, 3.63) is 27.7 Å². The molecule has 0 aliphatic carbocycles. The number of benzene rings is 1. The van der Waals surface area contributed by atoms with Gasteiger partial charge in [0.1, 0.15) is 11.9 Å². The Morgan fingerprint density at radius 1 is 1.32 bits per heavy atom. The van der Waals surface area contributed by atoms with E-state index >= 15 is 0 Å². The Hall–Kier alpha value is -0.250. The number of nitrogens with one attached hydrogen (secondary N) is 1. The topological polar surface area (TPSA) is 21.3 Å². The largest absolute Gasteiger partial charge is 0.488 e. The van der Waals surface area contributed by atoms with E-state index < -0.39 is 0 Å². The van der Waals surface area contributed by atoms with Gasteiger partial charge in [-0.3, -0.25) is 0 Å². The van der Waals surface area contributed by atoms with Crippen LogP contribution in [0.2, 0.25) is 5.02 Å². The maximum atomic E-state index is 6.05. The van der Waals surface area contributed by atoms with Gasteiger partial charge in [-0.15, -0.1) is 0 Å². The minimum Gasteiger partial charge on any atom is -0.488 e. The van der Waals surface area contributed by atoms with Crippen LogP contribution >= 0.6 is 27.5 Å². The van der Waals surface area contributed by atoms with Crippen LogP contribution in [-0.2, 0) is 0 Å². The first-order valence-corrected chi connectivity index (χ1v) is 8.02. The quantitative estimate of drug-likeness (QED) is 0.721. The third kappa shape index (κ3) is 6.64. The number of ether oxygens (including phenoxy) is 1. The van der Waals surface area contributed by atoms with Crippen LogP contribution in [0, 0.1) is 5.92 Å². The van der Waals surface area contributed by atoms with Crippen LogP contribution < -0.4 is 10.1 Å². The molecule has 0 saturated carbocycles. The zero-order valence-corrected chi connectivity index (χ0v) is 14.2. The molecule has 0 amide bonds. The van der Waals surface area contributed by atoms with Crippen LogP contribution in [0.4, 0.5) is 0 Å². The molecule has 0 aliphatic heterocycles. The Morgan fingerprint density at radius 2 is 2.05 bits per heavy atom. The first-order valence-electron chi connectivity index (χ1n) is 6.85. The second-order valence-corrected chi connectivity index (χ2v) is 6.45. The monoisotopic (exact) mass is 347 g/mol. The molecule has 2 nitrogen and oxygen atoms in total. The zero-order valence-electron chi connectivity index (χ0n) is 11.9. The predicted molar refractivity (Wildman–Crippen MR) is 86.2 cm³/mol. The van der Waals surface area contributed by atoms with Crippen molar-refractivity contribution in [1.29, 1.82) is 0 Å². The Bertz CT molecular complexity index is 384. The molecule has 19 heavy (non-hydrogen) atoms. The van der Waals surface area contributed by atoms with E-state index in [1.807, 2.05) is 18.2 Å². The predicted octanol–water partition coefficient (Wildman–Crippen LogP) is 4.90. The van der Waals surface area contributed by atoms with Crippen LogP contribution in [0.5, 0.6) is 5.75 Å². The van der Waals surface area contributed by atoms with Crippen molar-refractivity contribution in [2.75, 3.05) is 13.1 Å². The van der Waals surface area contributed by atoms with E-state index in [0.29, 0.717) is 10.9 Å². The normalized spacial score (nSPS) is 12.7. The molecule has 0 heterocycles. The highest BCUT2D eigenvalue weighted by atomic mass is 79.9. The van der Waals surface area contributed by atoms with Crippen molar-refractivity contribution in [2.45, 2.75) is 39.7 Å². The first kappa shape index (κ1) is 16.8. The number of hydrogen-bond donors (Lipinski definition) is 1. The molecule has 1 aromatic carbocycles. The van der Waals surface area contributed by atoms with E-state index in [1.54, 1.807) is 0 Å². The second kappa shape index (κ2) is 8.83. The Morgan fingerprint density at radius 3 is 2.63 bits per heavy atom. The molecular formula is C15H23BrClNO. The van der Waals surface area contributed by atoms with Crippen molar-refractivity contribution in [3.8, 4) is 5.75 Å². The van der Waals surface area contributed by atoms with Crippen LogP contribution in [0.25, 0.3) is 0 Å². The van der Waals surface area contributed by atoms with Gasteiger partial charge in [0, 0.05) is 11.6 Å². The standard InChI is InChI=1S/C15H23BrClNO/c1-4-5-13(10-18-9-11(2)3)19-15-7-6-12(17)8-14(15)16/h6-8,11,13,18H,4-5,9-10H2,1-3H3. The number of hydrogen-bond acceptors (Lipinski definition) is 2. The smallest absolute Gasteiger partial charge is 0.134 e. The Labute approximate surface area is 130 Å². The van der Waals surface area contributed by atoms with Gasteiger partial charge in [0.15, 0.2) is 0 Å². The minimum absolute atomic E-state index is 0.196. The van der Waals surface area contributed by atoms with E-state index in [1.165, 1.54) is 0 Å². The second-order valence-electron chi connectivity index (χ2n) is 5.16. The van der Waals surface area contributed by atoms with Gasteiger partial charge in [0.2, 0.25) is 0 Å². The molecule has 108 valence electrons. The van der Waals surface area contributed by atoms with Gasteiger partial charge >= 0.3 is 0 Å². The molecule has 0 spiro atoms. The van der Waals surface area contributed by atoms with Crippen molar-refractivity contribution in [3.63, 3.8) is 0 Å². The zero-order chi connectivity index (χ0) is 14.3. The van der Waals surface area contributed by atoms with E-state index in [9.17, 15) is 0 Å². The molecule has 0 aliphatic rings. The summed E-state index contributed by atoms with van der Waals surface area (Å²) in [5.41, 5.74) is 0. The maximum Gasteiger partial charge on any atom is 0.134 e. The van der Waals surface area contributed by atoms with E-state index in [0.717, 1.165) is 36.2 Å². The van der Waals surface area contributed by atoms with Crippen LogP contribution in [-0.4, -0.2) is 19.2 Å². The lowest BCUT2D eigenvalue weighted by Crippen LogP contribution is -2.33. The van der Waals surface area contributed by atoms with E-state index in [4.69, 9.17) is 16.3 Å². The third-order valence-electron chi connectivity index (χ3n) is 2.72. The molecule has 0 radical (unpaired) electrons. The summed E-state index contributed by atoms with van der Waals surface area (Å²) in [5.74, 6) is 1.51. The molecular weight excluding hydrogens is 326 g/mol. The summed E-state index contributed by atoms with van der Waals surface area (Å²) in [4.78, 5) is 0. The van der Waals surface area contributed by atoms with Gasteiger partial charge in [-0.2, -0.15) is 0 Å². The fourth-order valence-corrected chi connectivity index (χ4v) is 2.58. The summed E-state index contributed by atoms with van der Waals surface area (Å²) in [6.45, 7) is 8.49. The number of halogens is 2. The van der Waals surface area contributed by atoms with E-state index in [2.05, 4.69) is 42.0 Å². The van der Waals surface area contributed by atoms with Gasteiger partial charge in [-0.1, -0.05) is 38.8 Å². The lowest BCUT2D eigenvalue weighted by molar-refractivity contribution is 0.184. The third-order valence-corrected chi connectivity index (χ3v) is 3.58. The lowest BCUT2D eigenvalue weighted by Gasteiger charge is -2.20. The number of rotatable bonds is 8. The highest BCUT2D eigenvalue weighted by Crippen LogP contribution is 2.29. The molecule has 4 heteroatoms. The lowest BCUT2D eigenvalue weighted by atomic mass is 10.2. The highest BCUT2D eigenvalue weighted by Gasteiger charge is 2.12. The van der Waals surface area contributed by atoms with Crippen molar-refractivity contribution in [1.82, 2.24) is 5.32 Å². The Kier molecular flexibility index (Phi) is 7.81. The summed E-state index contributed by atoms with van der Waals surface area (Å²) < 4.78 is 6.96. The van der Waals surface area contributed by atoms with Gasteiger partial charge in [0.05, 0.1) is 4.47 Å². The summed E-state index contributed by atoms with van der Waals surface area (Å²) in [6.07, 6.45) is 2.35. The summed E-state index contributed by atoms with van der Waals surface area (Å²) in [5, 5.41) is 4.17. The molecule has 1 aromatic rings. The molecule has 0 bridgehead atoms. The molecule has 0 aromatic heterocycles. The summed E-state index contributed by atoms with van der Waals surface area (Å²) in [7, 11) is 0. The highest BCUT2D eigenvalue weighted by molar-refractivity contribution is 9.10. The molecule has 1 atom stereocenters. The van der Waals surface area contributed by atoms with Gasteiger partial charge in [-0.05, 0) is 53.0 Å². The van der Waals surface area contributed by atoms with Crippen molar-refractivity contribution >= 4 is 27.5 Å². The minimum atomic E-state index is 0.196. The average Bonchev–Trinajstić information content (AvgIpc) is 2.32. The van der Waals surface area contributed by atoms with Crippen LogP contribution in [0.1, 0.15) is 33.6 Å². The first-order chi connectivity index (χ1) is 9.02. The van der Waals surface area contributed by atoms with Crippen LogP contribution in [0.15, 0.2) is 22.7 Å². The fraction of sp³-hybridized carbons (Fsp3) is 0.600. The Balaban J connectivity index is 2.56. The van der Waals surface area contributed by atoms with Crippen molar-refractivity contribution in [2.24, 2.45) is 5.92 Å². The average molecular weight is 349 g/mol. The van der Waals surface area contributed by atoms with E-state index in [-0.39, 0.29) is 6.10 Å². The SMILES string of the molecule is CCCC(CNCC(C)C)Oc1ccc(Cl)cc1Br. The van der Waals surface area contributed by atoms with Gasteiger partial charge in [0.25, 0.3) is 0 Å². The molecule has 0 fully saturated rings. The maximum absolute atomic E-state index is 6.05. The summed E-state index contributed by atoms with van der Waals surface area (Å²) in [6, 6.07) is 5.63. The molecule has 1 unspecified atom stereocenters. The van der Waals surface area contributed by atoms with Gasteiger partial charge < -0.3 is 10.1 Å². The van der Waals surface area contributed by atoms with Crippen LogP contribution in [0.3, 0.4) is 0 Å². The van der Waals surface area contributed by atoms with Gasteiger partial charge in [-0.25, -0.2) is 0 Å². The van der Waals surface area contributed by atoms with Crippen molar-refractivity contribution < 1.29 is 4.74 Å². The molecule has 1 N–H and O–H groups in total. The fourth-order valence-electron chi connectivity index (χ4n) is 1.81.